The van der Waals surface area contributed by atoms with Crippen LogP contribution in [0.4, 0.5) is 21.7 Å². The largest absolute Gasteiger partial charge is 0.324 e. The molecule has 0 aliphatic carbocycles. The fraction of sp³-hybridized carbons (Fsp3) is 0.261. The summed E-state index contributed by atoms with van der Waals surface area (Å²) in [5.41, 5.74) is 3.73. The maximum Gasteiger partial charge on any atom is 0.258 e. The summed E-state index contributed by atoms with van der Waals surface area (Å²) < 4.78 is 13.7. The van der Waals surface area contributed by atoms with Gasteiger partial charge in [-0.3, -0.25) is 4.79 Å². The first-order valence-electron chi connectivity index (χ1n) is 9.64. The number of amides is 1. The van der Waals surface area contributed by atoms with Gasteiger partial charge in [0.15, 0.2) is 0 Å². The number of carbonyl (C=O) groups is 1. The van der Waals surface area contributed by atoms with E-state index in [1.165, 1.54) is 35.7 Å². The zero-order valence-corrected chi connectivity index (χ0v) is 17.0. The Morgan fingerprint density at radius 2 is 1.48 bits per heavy atom. The smallest absolute Gasteiger partial charge is 0.258 e. The summed E-state index contributed by atoms with van der Waals surface area (Å²) in [6, 6.07) is 12.3. The van der Waals surface area contributed by atoms with Gasteiger partial charge >= 0.3 is 0 Å². The van der Waals surface area contributed by atoms with Crippen molar-refractivity contribution in [2.75, 3.05) is 10.6 Å². The van der Waals surface area contributed by atoms with Gasteiger partial charge in [-0.05, 0) is 35.1 Å². The second-order valence-electron chi connectivity index (χ2n) is 7.48. The highest BCUT2D eigenvalue weighted by Crippen LogP contribution is 2.33. The van der Waals surface area contributed by atoms with Crippen LogP contribution in [0.2, 0.25) is 0 Å². The molecular formula is C23H25FN4O. The summed E-state index contributed by atoms with van der Waals surface area (Å²) in [4.78, 5) is 20.9. The maximum absolute atomic E-state index is 13.7. The number of hydrogen-bond acceptors (Lipinski definition) is 4. The first kappa shape index (κ1) is 20.5. The monoisotopic (exact) mass is 392 g/mol. The fourth-order valence-electron chi connectivity index (χ4n) is 3.07. The molecule has 3 aromatic rings. The van der Waals surface area contributed by atoms with Crippen molar-refractivity contribution < 1.29 is 9.18 Å². The molecule has 0 radical (unpaired) electrons. The number of halogens is 1. The average molecular weight is 392 g/mol. The van der Waals surface area contributed by atoms with E-state index < -0.39 is 11.7 Å². The second kappa shape index (κ2) is 8.82. The molecule has 0 spiro atoms. The minimum absolute atomic E-state index is 0.118. The summed E-state index contributed by atoms with van der Waals surface area (Å²) >= 11 is 0. The van der Waals surface area contributed by atoms with Gasteiger partial charge in [0.05, 0.1) is 11.3 Å². The van der Waals surface area contributed by atoms with Crippen molar-refractivity contribution in [3.05, 3.63) is 77.4 Å². The SMILES string of the molecule is CC(C)c1cccc(C(C)C)c1Nc1ncc(C(=O)Nc2ccccc2F)cn1. The van der Waals surface area contributed by atoms with Gasteiger partial charge in [0.1, 0.15) is 5.82 Å². The lowest BCUT2D eigenvalue weighted by Gasteiger charge is -2.20. The van der Waals surface area contributed by atoms with Crippen LogP contribution in [0.3, 0.4) is 0 Å². The molecule has 0 fully saturated rings. The summed E-state index contributed by atoms with van der Waals surface area (Å²) in [5.74, 6) is 0.116. The second-order valence-corrected chi connectivity index (χ2v) is 7.48. The quantitative estimate of drug-likeness (QED) is 0.551. The molecule has 0 saturated heterocycles. The van der Waals surface area contributed by atoms with Gasteiger partial charge in [-0.2, -0.15) is 0 Å². The van der Waals surface area contributed by atoms with Crippen molar-refractivity contribution in [3.63, 3.8) is 0 Å². The van der Waals surface area contributed by atoms with Crippen LogP contribution in [-0.4, -0.2) is 15.9 Å². The van der Waals surface area contributed by atoms with Gasteiger partial charge in [0.25, 0.3) is 5.91 Å². The van der Waals surface area contributed by atoms with E-state index in [-0.39, 0.29) is 11.3 Å². The van der Waals surface area contributed by atoms with Crippen LogP contribution in [0.5, 0.6) is 0 Å². The van der Waals surface area contributed by atoms with Crippen LogP contribution >= 0.6 is 0 Å². The number of aromatic nitrogens is 2. The number of hydrogen-bond donors (Lipinski definition) is 2. The van der Waals surface area contributed by atoms with Crippen LogP contribution < -0.4 is 10.6 Å². The lowest BCUT2D eigenvalue weighted by molar-refractivity contribution is 0.102. The zero-order valence-electron chi connectivity index (χ0n) is 17.0. The minimum Gasteiger partial charge on any atom is -0.324 e. The number of carbonyl (C=O) groups excluding carboxylic acids is 1. The van der Waals surface area contributed by atoms with Crippen LogP contribution in [0.25, 0.3) is 0 Å². The molecule has 0 saturated carbocycles. The Morgan fingerprint density at radius 3 is 2.03 bits per heavy atom. The molecule has 2 aromatic carbocycles. The van der Waals surface area contributed by atoms with Crippen LogP contribution in [0.15, 0.2) is 54.9 Å². The first-order valence-corrected chi connectivity index (χ1v) is 9.64. The van der Waals surface area contributed by atoms with Crippen LogP contribution in [-0.2, 0) is 0 Å². The Labute approximate surface area is 170 Å². The standard InChI is InChI=1S/C23H25FN4O/c1-14(2)17-8-7-9-18(15(3)4)21(17)28-23-25-12-16(13-26-23)22(29)27-20-11-6-5-10-19(20)24/h5-15H,1-4H3,(H,27,29)(H,25,26,28). The minimum atomic E-state index is -0.494. The van der Waals surface area contributed by atoms with Gasteiger partial charge < -0.3 is 10.6 Å². The van der Waals surface area contributed by atoms with Crippen molar-refractivity contribution in [2.24, 2.45) is 0 Å². The van der Waals surface area contributed by atoms with E-state index in [1.54, 1.807) is 12.1 Å². The molecular weight excluding hydrogens is 367 g/mol. The maximum atomic E-state index is 13.7. The molecule has 1 amide bonds. The number of para-hydroxylation sites is 2. The lowest BCUT2D eigenvalue weighted by Crippen LogP contribution is -2.14. The summed E-state index contributed by atoms with van der Waals surface area (Å²) in [6.07, 6.45) is 2.86. The molecule has 1 heterocycles. The van der Waals surface area contributed by atoms with Crippen molar-refractivity contribution in [2.45, 2.75) is 39.5 Å². The molecule has 0 unspecified atom stereocenters. The number of nitrogens with zero attached hydrogens (tertiary/aromatic N) is 2. The topological polar surface area (TPSA) is 66.9 Å². The Hall–Kier alpha value is -3.28. The van der Waals surface area contributed by atoms with Crippen molar-refractivity contribution in [1.82, 2.24) is 9.97 Å². The molecule has 0 bridgehead atoms. The van der Waals surface area contributed by atoms with Crippen molar-refractivity contribution in [1.29, 1.82) is 0 Å². The molecule has 1 aromatic heterocycles. The summed E-state index contributed by atoms with van der Waals surface area (Å²) in [5, 5.41) is 5.84. The zero-order chi connectivity index (χ0) is 21.0. The van der Waals surface area contributed by atoms with Gasteiger partial charge in [-0.25, -0.2) is 14.4 Å². The third kappa shape index (κ3) is 4.77. The van der Waals surface area contributed by atoms with E-state index in [0.717, 1.165) is 5.69 Å². The van der Waals surface area contributed by atoms with E-state index in [2.05, 4.69) is 66.5 Å². The van der Waals surface area contributed by atoms with E-state index in [1.807, 2.05) is 0 Å². The average Bonchev–Trinajstić information content (AvgIpc) is 2.70. The molecule has 0 aliphatic heterocycles. The van der Waals surface area contributed by atoms with E-state index in [0.29, 0.717) is 17.8 Å². The Balaban J connectivity index is 1.81. The predicted molar refractivity (Wildman–Crippen MR) is 114 cm³/mol. The molecule has 3 rings (SSSR count). The molecule has 150 valence electrons. The van der Waals surface area contributed by atoms with Crippen molar-refractivity contribution >= 4 is 23.2 Å². The normalized spacial score (nSPS) is 11.0. The summed E-state index contributed by atoms with van der Waals surface area (Å²) in [7, 11) is 0. The molecule has 29 heavy (non-hydrogen) atoms. The predicted octanol–water partition coefficient (Wildman–Crippen LogP) is 5.86. The van der Waals surface area contributed by atoms with E-state index >= 15 is 0 Å². The Bertz CT molecular complexity index is 974. The molecule has 0 aliphatic rings. The highest BCUT2D eigenvalue weighted by molar-refractivity contribution is 6.03. The Kier molecular flexibility index (Phi) is 6.22. The molecule has 0 atom stereocenters. The van der Waals surface area contributed by atoms with Crippen LogP contribution in [0.1, 0.15) is 61.0 Å². The lowest BCUT2D eigenvalue weighted by atomic mass is 9.93. The van der Waals surface area contributed by atoms with Gasteiger partial charge in [-0.1, -0.05) is 58.0 Å². The third-order valence-corrected chi connectivity index (χ3v) is 4.65. The number of rotatable bonds is 6. The van der Waals surface area contributed by atoms with Gasteiger partial charge in [0, 0.05) is 18.1 Å². The molecule has 6 heteroatoms. The Morgan fingerprint density at radius 1 is 0.897 bits per heavy atom. The van der Waals surface area contributed by atoms with Gasteiger partial charge in [-0.15, -0.1) is 0 Å². The first-order chi connectivity index (χ1) is 13.9. The van der Waals surface area contributed by atoms with E-state index in [4.69, 9.17) is 0 Å². The van der Waals surface area contributed by atoms with Crippen molar-refractivity contribution in [3.8, 4) is 0 Å². The van der Waals surface area contributed by atoms with Crippen LogP contribution in [0, 0.1) is 5.82 Å². The summed E-state index contributed by atoms with van der Waals surface area (Å²) in [6.45, 7) is 8.56. The fourth-order valence-corrected chi connectivity index (χ4v) is 3.07. The number of nitrogens with one attached hydrogen (secondary N) is 2. The van der Waals surface area contributed by atoms with E-state index in [9.17, 15) is 9.18 Å². The third-order valence-electron chi connectivity index (χ3n) is 4.65. The molecule has 2 N–H and O–H groups in total. The number of anilines is 3. The number of benzene rings is 2. The highest BCUT2D eigenvalue weighted by Gasteiger charge is 2.15. The van der Waals surface area contributed by atoms with Gasteiger partial charge in [0.2, 0.25) is 5.95 Å². The molecule has 5 nitrogen and oxygen atoms in total. The highest BCUT2D eigenvalue weighted by atomic mass is 19.1.